The maximum Gasteiger partial charge on any atom is 0.246 e. The number of sulfonamides is 1. The first kappa shape index (κ1) is 21.0. The van der Waals surface area contributed by atoms with Gasteiger partial charge in [0, 0.05) is 37.8 Å². The molecule has 2 aromatic rings. The number of hydrogen-bond donors (Lipinski definition) is 0. The maximum absolute atomic E-state index is 12.8. The lowest BCUT2D eigenvalue weighted by Crippen LogP contribution is -2.50. The molecule has 1 aliphatic heterocycles. The van der Waals surface area contributed by atoms with Gasteiger partial charge in [0.25, 0.3) is 0 Å². The predicted molar refractivity (Wildman–Crippen MR) is 112 cm³/mol. The Morgan fingerprint density at radius 3 is 2.03 bits per heavy atom. The van der Waals surface area contributed by atoms with Crippen LogP contribution in [0.25, 0.3) is 6.08 Å². The summed E-state index contributed by atoms with van der Waals surface area (Å²) >= 11 is 0. The molecule has 0 atom stereocenters. The zero-order chi connectivity index (χ0) is 21.0. The van der Waals surface area contributed by atoms with Gasteiger partial charge >= 0.3 is 0 Å². The molecule has 0 bridgehead atoms. The third kappa shape index (κ3) is 4.99. The van der Waals surface area contributed by atoms with E-state index in [1.165, 1.54) is 41.6 Å². The van der Waals surface area contributed by atoms with Crippen LogP contribution in [-0.4, -0.2) is 55.5 Å². The fourth-order valence-corrected chi connectivity index (χ4v) is 4.53. The summed E-state index contributed by atoms with van der Waals surface area (Å²) in [7, 11) is -3.65. The molecular formula is C22H24N2O4S. The van der Waals surface area contributed by atoms with Crippen LogP contribution in [0.4, 0.5) is 0 Å². The standard InChI is InChI=1S/C22H24N2O4S/c1-17-3-5-19(6-4-17)7-12-22(26)23-13-15-24(16-14-23)29(27,28)21-10-8-20(9-11-21)18(2)25/h3-12H,13-16H2,1-2H3/b12-7+. The minimum atomic E-state index is -3.65. The number of amides is 1. The molecule has 2 aromatic carbocycles. The second kappa shape index (κ2) is 8.71. The average molecular weight is 413 g/mol. The van der Waals surface area contributed by atoms with Gasteiger partial charge < -0.3 is 4.90 Å². The van der Waals surface area contributed by atoms with Gasteiger partial charge in [-0.1, -0.05) is 42.0 Å². The SMILES string of the molecule is CC(=O)c1ccc(S(=O)(=O)N2CCN(C(=O)/C=C/c3ccc(C)cc3)CC2)cc1. The van der Waals surface area contributed by atoms with Gasteiger partial charge in [0.2, 0.25) is 15.9 Å². The van der Waals surface area contributed by atoms with Crippen LogP contribution in [-0.2, 0) is 14.8 Å². The van der Waals surface area contributed by atoms with Gasteiger partial charge in [0.1, 0.15) is 0 Å². The van der Waals surface area contributed by atoms with Gasteiger partial charge in [-0.2, -0.15) is 4.31 Å². The van der Waals surface area contributed by atoms with Crippen molar-refractivity contribution in [3.05, 3.63) is 71.3 Å². The van der Waals surface area contributed by atoms with E-state index in [-0.39, 0.29) is 29.7 Å². The van der Waals surface area contributed by atoms with E-state index < -0.39 is 10.0 Å². The lowest BCUT2D eigenvalue weighted by Gasteiger charge is -2.33. The lowest BCUT2D eigenvalue weighted by atomic mass is 10.1. The number of ketones is 1. The highest BCUT2D eigenvalue weighted by molar-refractivity contribution is 7.89. The second-order valence-corrected chi connectivity index (χ2v) is 8.99. The highest BCUT2D eigenvalue weighted by atomic mass is 32.2. The number of benzene rings is 2. The fourth-order valence-electron chi connectivity index (χ4n) is 3.11. The topological polar surface area (TPSA) is 74.8 Å². The summed E-state index contributed by atoms with van der Waals surface area (Å²) < 4.78 is 27.0. The summed E-state index contributed by atoms with van der Waals surface area (Å²) in [5, 5.41) is 0. The van der Waals surface area contributed by atoms with E-state index in [1.54, 1.807) is 11.0 Å². The summed E-state index contributed by atoms with van der Waals surface area (Å²) in [6.45, 7) is 4.59. The Kier molecular flexibility index (Phi) is 6.30. The highest BCUT2D eigenvalue weighted by Crippen LogP contribution is 2.19. The van der Waals surface area contributed by atoms with Crippen LogP contribution in [0.15, 0.2) is 59.5 Å². The van der Waals surface area contributed by atoms with Crippen molar-refractivity contribution in [2.75, 3.05) is 26.2 Å². The molecule has 0 aromatic heterocycles. The molecule has 0 radical (unpaired) electrons. The monoisotopic (exact) mass is 412 g/mol. The molecule has 0 unspecified atom stereocenters. The predicted octanol–water partition coefficient (Wildman–Crippen LogP) is 2.74. The Morgan fingerprint density at radius 2 is 1.48 bits per heavy atom. The Bertz CT molecular complexity index is 1020. The molecule has 1 saturated heterocycles. The van der Waals surface area contributed by atoms with Crippen molar-refractivity contribution in [3.8, 4) is 0 Å². The molecule has 1 aliphatic rings. The number of hydrogen-bond acceptors (Lipinski definition) is 4. The first-order valence-electron chi connectivity index (χ1n) is 9.42. The van der Waals surface area contributed by atoms with Crippen molar-refractivity contribution in [3.63, 3.8) is 0 Å². The Hall–Kier alpha value is -2.77. The van der Waals surface area contributed by atoms with Gasteiger partial charge in [-0.25, -0.2) is 8.42 Å². The van der Waals surface area contributed by atoms with Crippen molar-refractivity contribution in [2.24, 2.45) is 0 Å². The van der Waals surface area contributed by atoms with Crippen LogP contribution in [0.5, 0.6) is 0 Å². The molecule has 1 heterocycles. The number of aryl methyl sites for hydroxylation is 1. The van der Waals surface area contributed by atoms with Crippen molar-refractivity contribution in [2.45, 2.75) is 18.7 Å². The van der Waals surface area contributed by atoms with E-state index in [0.29, 0.717) is 18.7 Å². The Balaban J connectivity index is 1.61. The van der Waals surface area contributed by atoms with Gasteiger partial charge in [0.05, 0.1) is 4.90 Å². The quantitative estimate of drug-likeness (QED) is 0.559. The number of piperazine rings is 1. The summed E-state index contributed by atoms with van der Waals surface area (Å²) in [5.41, 5.74) is 2.57. The molecule has 0 N–H and O–H groups in total. The van der Waals surface area contributed by atoms with Gasteiger partial charge in [0.15, 0.2) is 5.78 Å². The van der Waals surface area contributed by atoms with E-state index in [4.69, 9.17) is 0 Å². The molecule has 29 heavy (non-hydrogen) atoms. The number of Topliss-reactive ketones (excluding diaryl/α,β-unsaturated/α-hetero) is 1. The van der Waals surface area contributed by atoms with Gasteiger partial charge in [-0.05, 0) is 37.6 Å². The number of carbonyl (C=O) groups excluding carboxylic acids is 2. The molecule has 152 valence electrons. The fraction of sp³-hybridized carbons (Fsp3) is 0.273. The number of carbonyl (C=O) groups is 2. The zero-order valence-electron chi connectivity index (χ0n) is 16.5. The summed E-state index contributed by atoms with van der Waals surface area (Å²) in [4.78, 5) is 25.6. The maximum atomic E-state index is 12.8. The number of rotatable bonds is 5. The van der Waals surface area contributed by atoms with E-state index in [2.05, 4.69) is 0 Å². The third-order valence-electron chi connectivity index (χ3n) is 4.94. The van der Waals surface area contributed by atoms with Crippen LogP contribution in [0.1, 0.15) is 28.4 Å². The molecule has 6 nitrogen and oxygen atoms in total. The van der Waals surface area contributed by atoms with E-state index in [0.717, 1.165) is 11.1 Å². The third-order valence-corrected chi connectivity index (χ3v) is 6.86. The van der Waals surface area contributed by atoms with Crippen LogP contribution in [0, 0.1) is 6.92 Å². The first-order valence-corrected chi connectivity index (χ1v) is 10.9. The molecule has 0 spiro atoms. The Morgan fingerprint density at radius 1 is 0.897 bits per heavy atom. The molecule has 7 heteroatoms. The van der Waals surface area contributed by atoms with Crippen LogP contribution in [0.3, 0.4) is 0 Å². The van der Waals surface area contributed by atoms with Crippen molar-refractivity contribution in [1.29, 1.82) is 0 Å². The number of nitrogens with zero attached hydrogens (tertiary/aromatic N) is 2. The minimum Gasteiger partial charge on any atom is -0.337 e. The first-order chi connectivity index (χ1) is 13.8. The largest absolute Gasteiger partial charge is 0.337 e. The lowest BCUT2D eigenvalue weighted by molar-refractivity contribution is -0.127. The van der Waals surface area contributed by atoms with Gasteiger partial charge in [-0.3, -0.25) is 9.59 Å². The summed E-state index contributed by atoms with van der Waals surface area (Å²) in [6, 6.07) is 13.8. The smallest absolute Gasteiger partial charge is 0.246 e. The average Bonchev–Trinajstić information content (AvgIpc) is 2.73. The molecular weight excluding hydrogens is 388 g/mol. The van der Waals surface area contributed by atoms with Crippen LogP contribution in [0.2, 0.25) is 0 Å². The van der Waals surface area contributed by atoms with Crippen LogP contribution >= 0.6 is 0 Å². The Labute approximate surface area is 171 Å². The van der Waals surface area contributed by atoms with E-state index >= 15 is 0 Å². The molecule has 3 rings (SSSR count). The highest BCUT2D eigenvalue weighted by Gasteiger charge is 2.29. The molecule has 1 amide bonds. The minimum absolute atomic E-state index is 0.111. The molecule has 0 saturated carbocycles. The second-order valence-electron chi connectivity index (χ2n) is 7.05. The summed E-state index contributed by atoms with van der Waals surface area (Å²) in [5.74, 6) is -0.242. The van der Waals surface area contributed by atoms with E-state index in [1.807, 2.05) is 31.2 Å². The van der Waals surface area contributed by atoms with Crippen LogP contribution < -0.4 is 0 Å². The van der Waals surface area contributed by atoms with Crippen molar-refractivity contribution < 1.29 is 18.0 Å². The molecule has 0 aliphatic carbocycles. The molecule has 1 fully saturated rings. The zero-order valence-corrected chi connectivity index (χ0v) is 17.4. The van der Waals surface area contributed by atoms with E-state index in [9.17, 15) is 18.0 Å². The van der Waals surface area contributed by atoms with Crippen molar-refractivity contribution >= 4 is 27.8 Å². The normalized spacial score (nSPS) is 15.6. The van der Waals surface area contributed by atoms with Crippen molar-refractivity contribution in [1.82, 2.24) is 9.21 Å². The van der Waals surface area contributed by atoms with Gasteiger partial charge in [-0.15, -0.1) is 0 Å². The summed E-state index contributed by atoms with van der Waals surface area (Å²) in [6.07, 6.45) is 3.29.